The molecule has 2 rings (SSSR count). The van der Waals surface area contributed by atoms with Gasteiger partial charge in [0.05, 0.1) is 5.41 Å². The Morgan fingerprint density at radius 2 is 2.09 bits per heavy atom. The van der Waals surface area contributed by atoms with Crippen molar-refractivity contribution in [1.29, 1.82) is 0 Å². The topological polar surface area (TPSA) is 37.3 Å². The Morgan fingerprint density at radius 1 is 1.41 bits per heavy atom. The van der Waals surface area contributed by atoms with Crippen molar-refractivity contribution in [3.63, 3.8) is 0 Å². The van der Waals surface area contributed by atoms with Crippen molar-refractivity contribution in [3.05, 3.63) is 36.5 Å². The van der Waals surface area contributed by atoms with Crippen molar-refractivity contribution >= 4 is 5.97 Å². The second-order valence-corrected chi connectivity index (χ2v) is 7.88. The van der Waals surface area contributed by atoms with Crippen LogP contribution in [0.3, 0.4) is 0 Å². The molecule has 122 valence electrons. The van der Waals surface area contributed by atoms with Crippen LogP contribution in [0.15, 0.2) is 36.5 Å². The summed E-state index contributed by atoms with van der Waals surface area (Å²) >= 11 is 0. The van der Waals surface area contributed by atoms with Gasteiger partial charge in [0.1, 0.15) is 0 Å². The first-order valence-electron chi connectivity index (χ1n) is 8.46. The zero-order valence-corrected chi connectivity index (χ0v) is 14.3. The number of hydrogen-bond acceptors (Lipinski definition) is 1. The quantitative estimate of drug-likeness (QED) is 0.559. The fraction of sp³-hybridized carbons (Fsp3) is 0.650. The molecule has 0 spiro atoms. The minimum Gasteiger partial charge on any atom is -0.481 e. The van der Waals surface area contributed by atoms with E-state index in [2.05, 4.69) is 33.1 Å². The predicted molar refractivity (Wildman–Crippen MR) is 91.6 cm³/mol. The molecule has 22 heavy (non-hydrogen) atoms. The first-order chi connectivity index (χ1) is 10.3. The van der Waals surface area contributed by atoms with Crippen LogP contribution in [0.2, 0.25) is 0 Å². The summed E-state index contributed by atoms with van der Waals surface area (Å²) in [6, 6.07) is 0. The van der Waals surface area contributed by atoms with Gasteiger partial charge in [0.15, 0.2) is 0 Å². The van der Waals surface area contributed by atoms with Gasteiger partial charge in [-0.1, -0.05) is 56.7 Å². The summed E-state index contributed by atoms with van der Waals surface area (Å²) in [7, 11) is 0. The number of fused-ring (bicyclic) bond motifs is 1. The van der Waals surface area contributed by atoms with Crippen LogP contribution in [-0.2, 0) is 4.79 Å². The second kappa shape index (κ2) is 6.06. The van der Waals surface area contributed by atoms with Gasteiger partial charge in [-0.15, -0.1) is 0 Å². The fourth-order valence-electron chi connectivity index (χ4n) is 4.98. The summed E-state index contributed by atoms with van der Waals surface area (Å²) < 4.78 is 0. The summed E-state index contributed by atoms with van der Waals surface area (Å²) in [5, 5.41) is 10.2. The summed E-state index contributed by atoms with van der Waals surface area (Å²) in [5.74, 6) is -0.307. The van der Waals surface area contributed by atoms with Crippen LogP contribution in [0.25, 0.3) is 0 Å². The third-order valence-electron chi connectivity index (χ3n) is 6.24. The highest BCUT2D eigenvalue weighted by Gasteiger charge is 2.59. The second-order valence-electron chi connectivity index (χ2n) is 7.88. The molecule has 0 unspecified atom stereocenters. The van der Waals surface area contributed by atoms with E-state index in [0.717, 1.165) is 49.7 Å². The summed E-state index contributed by atoms with van der Waals surface area (Å²) in [6.07, 6.45) is 9.61. The van der Waals surface area contributed by atoms with Crippen molar-refractivity contribution in [2.75, 3.05) is 0 Å². The number of carboxylic acids is 1. The number of carbonyl (C=O) groups is 1. The molecule has 2 aliphatic rings. The number of carboxylic acid groups (broad SMARTS) is 1. The molecule has 2 heteroatoms. The first kappa shape index (κ1) is 17.1. The Labute approximate surface area is 135 Å². The molecule has 0 bridgehead atoms. The smallest absolute Gasteiger partial charge is 0.310 e. The van der Waals surface area contributed by atoms with Gasteiger partial charge in [0, 0.05) is 0 Å². The largest absolute Gasteiger partial charge is 0.481 e. The van der Waals surface area contributed by atoms with Gasteiger partial charge in [0.25, 0.3) is 0 Å². The van der Waals surface area contributed by atoms with Crippen molar-refractivity contribution < 1.29 is 9.90 Å². The molecule has 0 saturated heterocycles. The molecule has 0 heterocycles. The van der Waals surface area contributed by atoms with E-state index in [9.17, 15) is 9.90 Å². The Balaban J connectivity index is 2.45. The van der Waals surface area contributed by atoms with E-state index in [-0.39, 0.29) is 17.3 Å². The number of allylic oxidation sites excluding steroid dienone is 4. The van der Waals surface area contributed by atoms with E-state index >= 15 is 0 Å². The molecular weight excluding hydrogens is 272 g/mol. The third-order valence-corrected chi connectivity index (χ3v) is 6.24. The normalized spacial score (nSPS) is 34.9. The molecule has 2 fully saturated rings. The minimum absolute atomic E-state index is 0.0539. The fourth-order valence-corrected chi connectivity index (χ4v) is 4.98. The van der Waals surface area contributed by atoms with Crippen LogP contribution in [0.1, 0.15) is 59.3 Å². The lowest BCUT2D eigenvalue weighted by Crippen LogP contribution is -2.55. The number of rotatable bonds is 4. The molecule has 0 radical (unpaired) electrons. The average molecular weight is 302 g/mol. The highest BCUT2D eigenvalue weighted by Crippen LogP contribution is 2.62. The third kappa shape index (κ3) is 2.68. The van der Waals surface area contributed by atoms with Gasteiger partial charge in [-0.25, -0.2) is 0 Å². The lowest BCUT2D eigenvalue weighted by Gasteiger charge is -2.56. The highest BCUT2D eigenvalue weighted by molar-refractivity contribution is 5.77. The van der Waals surface area contributed by atoms with Crippen molar-refractivity contribution in [2.24, 2.45) is 22.7 Å². The maximum Gasteiger partial charge on any atom is 0.310 e. The molecule has 2 aliphatic carbocycles. The number of hydrogen-bond donors (Lipinski definition) is 1. The van der Waals surface area contributed by atoms with Gasteiger partial charge in [-0.05, 0) is 56.3 Å². The molecule has 0 aliphatic heterocycles. The van der Waals surface area contributed by atoms with Crippen molar-refractivity contribution in [2.45, 2.75) is 59.3 Å². The Bertz CT molecular complexity index is 512. The predicted octanol–water partition coefficient (Wildman–Crippen LogP) is 5.37. The Kier molecular flexibility index (Phi) is 4.70. The van der Waals surface area contributed by atoms with Crippen LogP contribution in [-0.4, -0.2) is 11.1 Å². The van der Waals surface area contributed by atoms with E-state index in [1.54, 1.807) is 0 Å². The van der Waals surface area contributed by atoms with E-state index < -0.39 is 11.4 Å². The van der Waals surface area contributed by atoms with Crippen molar-refractivity contribution in [1.82, 2.24) is 0 Å². The van der Waals surface area contributed by atoms with E-state index in [0.29, 0.717) is 0 Å². The zero-order valence-electron chi connectivity index (χ0n) is 14.3. The van der Waals surface area contributed by atoms with Gasteiger partial charge in [-0.2, -0.15) is 0 Å². The molecule has 2 nitrogen and oxygen atoms in total. The van der Waals surface area contributed by atoms with E-state index in [4.69, 9.17) is 0 Å². The monoisotopic (exact) mass is 302 g/mol. The van der Waals surface area contributed by atoms with Gasteiger partial charge < -0.3 is 5.11 Å². The van der Waals surface area contributed by atoms with Crippen LogP contribution >= 0.6 is 0 Å². The van der Waals surface area contributed by atoms with E-state index in [1.165, 1.54) is 0 Å². The summed E-state index contributed by atoms with van der Waals surface area (Å²) in [4.78, 5) is 12.4. The molecule has 0 aromatic heterocycles. The molecule has 3 atom stereocenters. The zero-order chi connectivity index (χ0) is 16.5. The highest BCUT2D eigenvalue weighted by atomic mass is 16.4. The van der Waals surface area contributed by atoms with Gasteiger partial charge in [-0.3, -0.25) is 4.79 Å². The molecule has 0 aromatic carbocycles. The lowest BCUT2D eigenvalue weighted by atomic mass is 9.46. The summed E-state index contributed by atoms with van der Waals surface area (Å²) in [5.41, 5.74) is 1.72. The minimum atomic E-state index is -0.630. The summed E-state index contributed by atoms with van der Waals surface area (Å²) in [6.45, 7) is 14.6. The molecule has 0 aromatic rings. The molecular formula is C20H30O2. The van der Waals surface area contributed by atoms with Crippen molar-refractivity contribution in [3.8, 4) is 0 Å². The standard InChI is InChI=1S/C20H30O2/c1-6-14(2)8-10-16-15(3)9-11-17-19(4,5)12-7-13-20(16,17)18(21)22/h6,8,16-17H,1,3,7,9-13H2,2,4-5H3,(H,21,22)/b14-8+/t16-,17-,20-/m0/s1. The first-order valence-corrected chi connectivity index (χ1v) is 8.46. The van der Waals surface area contributed by atoms with Crippen LogP contribution in [0, 0.1) is 22.7 Å². The average Bonchev–Trinajstić information content (AvgIpc) is 2.44. The lowest BCUT2D eigenvalue weighted by molar-refractivity contribution is -0.170. The molecule has 1 N–H and O–H groups in total. The SMILES string of the molecule is C=C/C(C)=C/C[C@H]1C(=C)CC[C@H]2C(C)(C)CCC[C@]12C(=O)O. The molecule has 2 saturated carbocycles. The maximum atomic E-state index is 12.4. The Hall–Kier alpha value is -1.31. The molecule has 0 amide bonds. The number of aliphatic carboxylic acids is 1. The van der Waals surface area contributed by atoms with Crippen LogP contribution in [0.4, 0.5) is 0 Å². The maximum absolute atomic E-state index is 12.4. The Morgan fingerprint density at radius 3 is 2.68 bits per heavy atom. The van der Waals surface area contributed by atoms with E-state index in [1.807, 2.05) is 13.0 Å². The van der Waals surface area contributed by atoms with Crippen LogP contribution in [0.5, 0.6) is 0 Å². The van der Waals surface area contributed by atoms with Crippen LogP contribution < -0.4 is 0 Å². The van der Waals surface area contributed by atoms with Gasteiger partial charge in [0.2, 0.25) is 0 Å². The van der Waals surface area contributed by atoms with Gasteiger partial charge >= 0.3 is 5.97 Å².